The van der Waals surface area contributed by atoms with Gasteiger partial charge in [0, 0.05) is 16.9 Å². The van der Waals surface area contributed by atoms with Crippen molar-refractivity contribution in [2.75, 3.05) is 0 Å². The first-order valence-electron chi connectivity index (χ1n) is 6.35. The van der Waals surface area contributed by atoms with Crippen LogP contribution in [0.5, 0.6) is 0 Å². The van der Waals surface area contributed by atoms with E-state index in [9.17, 15) is 0 Å². The second kappa shape index (κ2) is 3.92. The van der Waals surface area contributed by atoms with Gasteiger partial charge in [0.2, 0.25) is 0 Å². The molecule has 0 amide bonds. The van der Waals surface area contributed by atoms with Gasteiger partial charge in [0.15, 0.2) is 0 Å². The largest absolute Gasteiger partial charge is 0.241 e. The first kappa shape index (κ1) is 10.3. The Morgan fingerprint density at radius 2 is 1.83 bits per heavy atom. The summed E-state index contributed by atoms with van der Waals surface area (Å²) in [6, 6.07) is 15.1. The first-order chi connectivity index (χ1) is 8.90. The van der Waals surface area contributed by atoms with Crippen LogP contribution in [0.1, 0.15) is 24.5 Å². The van der Waals surface area contributed by atoms with Crippen molar-refractivity contribution in [2.45, 2.75) is 18.8 Å². The predicted octanol–water partition coefficient (Wildman–Crippen LogP) is 4.84. The van der Waals surface area contributed by atoms with Crippen molar-refractivity contribution in [1.82, 2.24) is 4.98 Å². The zero-order valence-corrected chi connectivity index (χ0v) is 10.8. The van der Waals surface area contributed by atoms with Crippen LogP contribution in [0.15, 0.2) is 47.8 Å². The van der Waals surface area contributed by atoms with E-state index in [0.717, 1.165) is 10.9 Å². The molecule has 0 bridgehead atoms. The van der Waals surface area contributed by atoms with E-state index >= 15 is 0 Å². The maximum atomic E-state index is 4.77. The highest BCUT2D eigenvalue weighted by molar-refractivity contribution is 7.13. The molecule has 0 unspecified atom stereocenters. The van der Waals surface area contributed by atoms with E-state index in [0.29, 0.717) is 0 Å². The normalized spacial score (nSPS) is 15.1. The summed E-state index contributed by atoms with van der Waals surface area (Å²) in [5, 5.41) is 5.96. The monoisotopic (exact) mass is 251 g/mol. The van der Waals surface area contributed by atoms with Gasteiger partial charge in [-0.1, -0.05) is 36.4 Å². The summed E-state index contributed by atoms with van der Waals surface area (Å²) in [4.78, 5) is 4.77. The average Bonchev–Trinajstić information content (AvgIpc) is 3.16. The van der Waals surface area contributed by atoms with E-state index < -0.39 is 0 Å². The van der Waals surface area contributed by atoms with Gasteiger partial charge in [0.05, 0.1) is 5.69 Å². The van der Waals surface area contributed by atoms with Crippen molar-refractivity contribution in [3.63, 3.8) is 0 Å². The molecular weight excluding hydrogens is 238 g/mol. The second-order valence-electron chi connectivity index (χ2n) is 4.91. The molecular formula is C16H13NS. The van der Waals surface area contributed by atoms with E-state index in [4.69, 9.17) is 4.98 Å². The van der Waals surface area contributed by atoms with Gasteiger partial charge >= 0.3 is 0 Å². The molecule has 18 heavy (non-hydrogen) atoms. The topological polar surface area (TPSA) is 12.9 Å². The fourth-order valence-electron chi connectivity index (χ4n) is 2.31. The summed E-state index contributed by atoms with van der Waals surface area (Å²) >= 11 is 1.77. The lowest BCUT2D eigenvalue weighted by molar-refractivity contribution is 1.05. The van der Waals surface area contributed by atoms with Gasteiger partial charge < -0.3 is 0 Å². The molecule has 0 radical (unpaired) electrons. The Morgan fingerprint density at radius 3 is 2.67 bits per heavy atom. The minimum atomic E-state index is 0.746. The molecule has 3 aromatic rings. The third kappa shape index (κ3) is 1.73. The SMILES string of the molecule is c1ccc2cc(-c3nc(C4CC4)cs3)ccc2c1. The number of nitrogens with zero attached hydrogens (tertiary/aromatic N) is 1. The van der Waals surface area contributed by atoms with Crippen molar-refractivity contribution in [3.8, 4) is 10.6 Å². The fourth-order valence-corrected chi connectivity index (χ4v) is 3.21. The van der Waals surface area contributed by atoms with Gasteiger partial charge in [-0.3, -0.25) is 0 Å². The van der Waals surface area contributed by atoms with E-state index in [2.05, 4.69) is 47.8 Å². The minimum Gasteiger partial charge on any atom is -0.241 e. The lowest BCUT2D eigenvalue weighted by Crippen LogP contribution is -1.81. The van der Waals surface area contributed by atoms with Crippen LogP contribution in [0.2, 0.25) is 0 Å². The minimum absolute atomic E-state index is 0.746. The number of aromatic nitrogens is 1. The Labute approximate surface area is 110 Å². The van der Waals surface area contributed by atoms with E-state index in [-0.39, 0.29) is 0 Å². The number of benzene rings is 2. The molecule has 1 aliphatic carbocycles. The third-order valence-electron chi connectivity index (χ3n) is 3.51. The highest BCUT2D eigenvalue weighted by Crippen LogP contribution is 2.41. The Morgan fingerprint density at radius 1 is 1.00 bits per heavy atom. The van der Waals surface area contributed by atoms with Crippen LogP contribution in [-0.2, 0) is 0 Å². The second-order valence-corrected chi connectivity index (χ2v) is 5.77. The molecule has 0 spiro atoms. The smallest absolute Gasteiger partial charge is 0.123 e. The van der Waals surface area contributed by atoms with Crippen LogP contribution in [0, 0.1) is 0 Å². The van der Waals surface area contributed by atoms with Gasteiger partial charge in [0.1, 0.15) is 5.01 Å². The molecule has 1 aromatic heterocycles. The molecule has 0 atom stereocenters. The van der Waals surface area contributed by atoms with E-state index in [1.165, 1.54) is 34.9 Å². The molecule has 1 nitrogen and oxygen atoms in total. The molecule has 2 aromatic carbocycles. The van der Waals surface area contributed by atoms with Crippen molar-refractivity contribution >= 4 is 22.1 Å². The molecule has 0 saturated heterocycles. The number of fused-ring (bicyclic) bond motifs is 1. The standard InChI is InChI=1S/C16H13NS/c1-2-4-13-9-14(8-5-11(13)3-1)16-17-15(10-18-16)12-6-7-12/h1-5,8-10,12H,6-7H2. The van der Waals surface area contributed by atoms with Crippen LogP contribution < -0.4 is 0 Å². The van der Waals surface area contributed by atoms with Crippen molar-refractivity contribution in [1.29, 1.82) is 0 Å². The quantitative estimate of drug-likeness (QED) is 0.635. The van der Waals surface area contributed by atoms with Crippen molar-refractivity contribution in [3.05, 3.63) is 53.5 Å². The highest BCUT2D eigenvalue weighted by Gasteiger charge is 2.26. The zero-order chi connectivity index (χ0) is 11.9. The van der Waals surface area contributed by atoms with E-state index in [1.54, 1.807) is 11.3 Å². The highest BCUT2D eigenvalue weighted by atomic mass is 32.1. The molecule has 1 aliphatic rings. The summed E-state index contributed by atoms with van der Waals surface area (Å²) < 4.78 is 0. The predicted molar refractivity (Wildman–Crippen MR) is 77.0 cm³/mol. The summed E-state index contributed by atoms with van der Waals surface area (Å²) in [6.45, 7) is 0. The fraction of sp³-hybridized carbons (Fsp3) is 0.188. The number of hydrogen-bond acceptors (Lipinski definition) is 2. The van der Waals surface area contributed by atoms with Gasteiger partial charge in [-0.15, -0.1) is 11.3 Å². The third-order valence-corrected chi connectivity index (χ3v) is 4.42. The first-order valence-corrected chi connectivity index (χ1v) is 7.23. The maximum Gasteiger partial charge on any atom is 0.123 e. The van der Waals surface area contributed by atoms with Gasteiger partial charge in [-0.25, -0.2) is 4.98 Å². The number of hydrogen-bond donors (Lipinski definition) is 0. The summed E-state index contributed by atoms with van der Waals surface area (Å²) in [5.74, 6) is 0.746. The molecule has 4 rings (SSSR count). The van der Waals surface area contributed by atoms with Crippen LogP contribution in [-0.4, -0.2) is 4.98 Å². The van der Waals surface area contributed by atoms with Crippen LogP contribution in [0.3, 0.4) is 0 Å². The Hall–Kier alpha value is -1.67. The number of thiazole rings is 1. The van der Waals surface area contributed by atoms with Crippen LogP contribution in [0.4, 0.5) is 0 Å². The van der Waals surface area contributed by atoms with Crippen molar-refractivity contribution in [2.24, 2.45) is 0 Å². The Bertz CT molecular complexity index is 710. The Kier molecular flexibility index (Phi) is 2.24. The van der Waals surface area contributed by atoms with Gasteiger partial charge in [-0.2, -0.15) is 0 Å². The molecule has 1 heterocycles. The van der Waals surface area contributed by atoms with Crippen LogP contribution >= 0.6 is 11.3 Å². The van der Waals surface area contributed by atoms with Gasteiger partial charge in [-0.05, 0) is 29.7 Å². The van der Waals surface area contributed by atoms with E-state index in [1.807, 2.05) is 0 Å². The van der Waals surface area contributed by atoms with Gasteiger partial charge in [0.25, 0.3) is 0 Å². The lowest BCUT2D eigenvalue weighted by atomic mass is 10.1. The number of rotatable bonds is 2. The molecule has 0 N–H and O–H groups in total. The summed E-state index contributed by atoms with van der Waals surface area (Å²) in [6.07, 6.45) is 2.64. The van der Waals surface area contributed by atoms with Crippen LogP contribution in [0.25, 0.3) is 21.3 Å². The lowest BCUT2D eigenvalue weighted by Gasteiger charge is -2.00. The molecule has 1 fully saturated rings. The zero-order valence-electron chi connectivity index (χ0n) is 9.97. The summed E-state index contributed by atoms with van der Waals surface area (Å²) in [7, 11) is 0. The molecule has 1 saturated carbocycles. The Balaban J connectivity index is 1.80. The molecule has 0 aliphatic heterocycles. The average molecular weight is 251 g/mol. The summed E-state index contributed by atoms with van der Waals surface area (Å²) in [5.41, 5.74) is 2.54. The maximum absolute atomic E-state index is 4.77. The molecule has 88 valence electrons. The molecule has 2 heteroatoms. The van der Waals surface area contributed by atoms with Crippen molar-refractivity contribution < 1.29 is 0 Å².